The van der Waals surface area contributed by atoms with Gasteiger partial charge < -0.3 is 9.84 Å². The van der Waals surface area contributed by atoms with Gasteiger partial charge in [-0.05, 0) is 18.9 Å². The lowest BCUT2D eigenvalue weighted by atomic mass is 10.1. The van der Waals surface area contributed by atoms with Gasteiger partial charge in [-0.15, -0.1) is 0 Å². The van der Waals surface area contributed by atoms with E-state index < -0.39 is 12.6 Å². The number of unbranched alkanes of at least 4 members (excludes halogenated alkanes) is 10. The largest absolute Gasteiger partial charge is 0.433 e. The quantitative estimate of drug-likeness (QED) is 0.307. The van der Waals surface area contributed by atoms with Crippen LogP contribution in [0.15, 0.2) is 12.3 Å². The Balaban J connectivity index is 3.08. The van der Waals surface area contributed by atoms with Crippen LogP contribution in [0.3, 0.4) is 0 Å². The summed E-state index contributed by atoms with van der Waals surface area (Å²) in [6.45, 7) is 1.70. The fraction of sp³-hybridized carbons (Fsp3) is 0.812. The van der Waals surface area contributed by atoms with E-state index in [0.29, 0.717) is 0 Å². The number of rotatable bonds is 13. The molecule has 1 N–H and O–H groups in total. The lowest BCUT2D eigenvalue weighted by Gasteiger charge is -2.01. The summed E-state index contributed by atoms with van der Waals surface area (Å²) in [5.74, 6) is -0.598. The molecule has 0 aliphatic carbocycles. The highest BCUT2D eigenvalue weighted by Crippen LogP contribution is 2.11. The maximum absolute atomic E-state index is 10.6. The van der Waals surface area contributed by atoms with E-state index >= 15 is 0 Å². The normalized spacial score (nSPS) is 11.1. The van der Waals surface area contributed by atoms with E-state index in [1.165, 1.54) is 64.0 Å². The molecule has 0 aliphatic heterocycles. The highest BCUT2D eigenvalue weighted by atomic mass is 16.5. The number of hydrogen-bond acceptors (Lipinski definition) is 3. The number of allylic oxidation sites excluding steroid dienone is 1. The number of ether oxygens (including phenoxy) is 1. The van der Waals surface area contributed by atoms with E-state index in [1.54, 1.807) is 0 Å². The van der Waals surface area contributed by atoms with Crippen LogP contribution in [-0.4, -0.2) is 17.7 Å². The van der Waals surface area contributed by atoms with Crippen molar-refractivity contribution < 1.29 is 14.6 Å². The molecule has 0 fully saturated rings. The summed E-state index contributed by atoms with van der Waals surface area (Å²) in [6.07, 6.45) is 17.4. The molecule has 0 aliphatic rings. The first-order valence-electron chi connectivity index (χ1n) is 7.76. The monoisotopic (exact) mass is 270 g/mol. The fourth-order valence-electron chi connectivity index (χ4n) is 1.98. The number of carbonyl (C=O) groups is 1. The van der Waals surface area contributed by atoms with Crippen LogP contribution in [0.1, 0.15) is 77.6 Å². The summed E-state index contributed by atoms with van der Waals surface area (Å²) in [5, 5.41) is 8.42. The van der Waals surface area contributed by atoms with Crippen molar-refractivity contribution in [3.05, 3.63) is 12.3 Å². The minimum atomic E-state index is -0.598. The molecule has 0 unspecified atom stereocenters. The van der Waals surface area contributed by atoms with Crippen molar-refractivity contribution in [3.63, 3.8) is 0 Å². The maximum Gasteiger partial charge on any atom is 0.336 e. The molecule has 19 heavy (non-hydrogen) atoms. The molecular weight excluding hydrogens is 240 g/mol. The van der Waals surface area contributed by atoms with E-state index in [4.69, 9.17) is 5.11 Å². The van der Waals surface area contributed by atoms with E-state index in [2.05, 4.69) is 11.7 Å². The second kappa shape index (κ2) is 15.2. The van der Waals surface area contributed by atoms with Gasteiger partial charge in [0.15, 0.2) is 0 Å². The second-order valence-corrected chi connectivity index (χ2v) is 4.99. The van der Waals surface area contributed by atoms with Crippen LogP contribution < -0.4 is 0 Å². The van der Waals surface area contributed by atoms with Gasteiger partial charge in [-0.1, -0.05) is 64.7 Å². The van der Waals surface area contributed by atoms with E-state index in [1.807, 2.05) is 6.08 Å². The van der Waals surface area contributed by atoms with Gasteiger partial charge in [0.2, 0.25) is 0 Å². The van der Waals surface area contributed by atoms with Gasteiger partial charge in [0, 0.05) is 0 Å². The van der Waals surface area contributed by atoms with Crippen molar-refractivity contribution in [2.45, 2.75) is 77.6 Å². The second-order valence-electron chi connectivity index (χ2n) is 4.99. The third kappa shape index (κ3) is 15.1. The van der Waals surface area contributed by atoms with Crippen molar-refractivity contribution in [3.8, 4) is 0 Å². The molecule has 3 nitrogen and oxygen atoms in total. The molecule has 0 rings (SSSR count). The highest BCUT2D eigenvalue weighted by molar-refractivity contribution is 5.70. The van der Waals surface area contributed by atoms with Crippen LogP contribution in [0.25, 0.3) is 0 Å². The summed E-state index contributed by atoms with van der Waals surface area (Å²) in [4.78, 5) is 10.6. The molecule has 0 saturated carbocycles. The minimum absolute atomic E-state index is 0.553. The van der Waals surface area contributed by atoms with Crippen molar-refractivity contribution in [1.29, 1.82) is 0 Å². The molecule has 0 amide bonds. The molecule has 0 heterocycles. The summed E-state index contributed by atoms with van der Waals surface area (Å²) in [5.41, 5.74) is 0. The Morgan fingerprint density at radius 2 is 1.47 bits per heavy atom. The van der Waals surface area contributed by atoms with Crippen LogP contribution in [0.2, 0.25) is 0 Å². The summed E-state index contributed by atoms with van der Waals surface area (Å²) < 4.78 is 4.61. The van der Waals surface area contributed by atoms with Gasteiger partial charge in [0.05, 0.1) is 6.26 Å². The number of aliphatic hydroxyl groups excluding tert-OH is 1. The Labute approximate surface area is 118 Å². The Bertz CT molecular complexity index is 224. The van der Waals surface area contributed by atoms with Crippen LogP contribution in [0.5, 0.6) is 0 Å². The molecule has 0 bridgehead atoms. The molecule has 0 aromatic rings. The SMILES string of the molecule is CCCCCCCCCCCC/C=C\OC(=O)CO. The first-order chi connectivity index (χ1) is 9.31. The number of aliphatic hydroxyl groups is 1. The van der Waals surface area contributed by atoms with Gasteiger partial charge >= 0.3 is 5.97 Å². The summed E-state index contributed by atoms with van der Waals surface area (Å²) in [6, 6.07) is 0. The zero-order chi connectivity index (χ0) is 14.2. The van der Waals surface area contributed by atoms with Crippen molar-refractivity contribution in [1.82, 2.24) is 0 Å². The average molecular weight is 270 g/mol. The van der Waals surface area contributed by atoms with E-state index in [-0.39, 0.29) is 0 Å². The lowest BCUT2D eigenvalue weighted by molar-refractivity contribution is -0.141. The highest BCUT2D eigenvalue weighted by Gasteiger charge is 1.94. The van der Waals surface area contributed by atoms with Crippen LogP contribution in [0, 0.1) is 0 Å². The zero-order valence-electron chi connectivity index (χ0n) is 12.4. The smallest absolute Gasteiger partial charge is 0.336 e. The third-order valence-corrected chi connectivity index (χ3v) is 3.15. The van der Waals surface area contributed by atoms with Crippen molar-refractivity contribution in [2.75, 3.05) is 6.61 Å². The first kappa shape index (κ1) is 18.2. The van der Waals surface area contributed by atoms with Crippen LogP contribution in [-0.2, 0) is 9.53 Å². The lowest BCUT2D eigenvalue weighted by Crippen LogP contribution is -2.04. The minimum Gasteiger partial charge on any atom is -0.433 e. The Morgan fingerprint density at radius 3 is 2.00 bits per heavy atom. The van der Waals surface area contributed by atoms with Crippen molar-refractivity contribution >= 4 is 5.97 Å². The molecule has 112 valence electrons. The maximum atomic E-state index is 10.6. The predicted molar refractivity (Wildman–Crippen MR) is 78.8 cm³/mol. The van der Waals surface area contributed by atoms with E-state index in [9.17, 15) is 4.79 Å². The molecule has 0 saturated heterocycles. The predicted octanol–water partition coefficient (Wildman–Crippen LogP) is 4.35. The van der Waals surface area contributed by atoms with Gasteiger partial charge in [0.1, 0.15) is 6.61 Å². The van der Waals surface area contributed by atoms with Gasteiger partial charge in [0.25, 0.3) is 0 Å². The molecular formula is C16H30O3. The summed E-state index contributed by atoms with van der Waals surface area (Å²) in [7, 11) is 0. The Hall–Kier alpha value is -0.830. The molecule has 0 radical (unpaired) electrons. The average Bonchev–Trinajstić information content (AvgIpc) is 2.43. The number of hydrogen-bond donors (Lipinski definition) is 1. The summed E-state index contributed by atoms with van der Waals surface area (Å²) >= 11 is 0. The first-order valence-corrected chi connectivity index (χ1v) is 7.76. The third-order valence-electron chi connectivity index (χ3n) is 3.15. The molecule has 0 aromatic heterocycles. The van der Waals surface area contributed by atoms with Gasteiger partial charge in [-0.3, -0.25) is 0 Å². The fourth-order valence-corrected chi connectivity index (χ4v) is 1.98. The molecule has 3 heteroatoms. The number of esters is 1. The van der Waals surface area contributed by atoms with Gasteiger partial charge in [-0.2, -0.15) is 0 Å². The zero-order valence-corrected chi connectivity index (χ0v) is 12.4. The Morgan fingerprint density at radius 1 is 0.947 bits per heavy atom. The standard InChI is InChI=1S/C16H30O3/c1-2-3-4-5-6-7-8-9-10-11-12-13-14-19-16(18)15-17/h13-14,17H,2-12,15H2,1H3/b14-13-. The molecule has 0 atom stereocenters. The van der Waals surface area contributed by atoms with Crippen LogP contribution in [0.4, 0.5) is 0 Å². The van der Waals surface area contributed by atoms with Crippen molar-refractivity contribution in [2.24, 2.45) is 0 Å². The van der Waals surface area contributed by atoms with Gasteiger partial charge in [-0.25, -0.2) is 4.79 Å². The number of carbonyl (C=O) groups excluding carboxylic acids is 1. The molecule has 0 spiro atoms. The van der Waals surface area contributed by atoms with E-state index in [0.717, 1.165) is 12.8 Å². The Kier molecular flexibility index (Phi) is 14.6. The molecule has 0 aromatic carbocycles. The topological polar surface area (TPSA) is 46.5 Å². The van der Waals surface area contributed by atoms with Crippen LogP contribution >= 0.6 is 0 Å².